The lowest BCUT2D eigenvalue weighted by molar-refractivity contribution is -0.140. The Labute approximate surface area is 129 Å². The summed E-state index contributed by atoms with van der Waals surface area (Å²) in [5, 5.41) is 0. The van der Waals surface area contributed by atoms with Crippen molar-refractivity contribution in [1.29, 1.82) is 0 Å². The van der Waals surface area contributed by atoms with Crippen molar-refractivity contribution in [2.24, 2.45) is 5.92 Å². The predicted octanol–water partition coefficient (Wildman–Crippen LogP) is 3.43. The van der Waals surface area contributed by atoms with Crippen LogP contribution < -0.4 is 0 Å². The van der Waals surface area contributed by atoms with Crippen molar-refractivity contribution in [3.05, 3.63) is 71.8 Å². The minimum atomic E-state index is -0.640. The minimum absolute atomic E-state index is 0.0413. The molecule has 1 aliphatic rings. The molecule has 1 saturated heterocycles. The number of cyclic esters (lactones) is 1. The number of rotatable bonds is 5. The van der Waals surface area contributed by atoms with E-state index in [4.69, 9.17) is 4.74 Å². The molecule has 0 N–H and O–H groups in total. The summed E-state index contributed by atoms with van der Waals surface area (Å²) < 4.78 is 5.29. The first-order valence-electron chi connectivity index (χ1n) is 7.57. The quantitative estimate of drug-likeness (QED) is 0.627. The van der Waals surface area contributed by atoms with E-state index >= 15 is 0 Å². The average Bonchev–Trinajstić information content (AvgIpc) is 2.95. The molecular formula is C19H18O3. The van der Waals surface area contributed by atoms with Crippen LogP contribution in [0, 0.1) is 5.92 Å². The summed E-state index contributed by atoms with van der Waals surface area (Å²) in [6, 6.07) is 19.1. The van der Waals surface area contributed by atoms with E-state index in [9.17, 15) is 9.59 Å². The second-order valence-corrected chi connectivity index (χ2v) is 5.63. The molecule has 2 atom stereocenters. The zero-order chi connectivity index (χ0) is 15.4. The van der Waals surface area contributed by atoms with Gasteiger partial charge in [0.15, 0.2) is 6.10 Å². The number of ether oxygens (including phenoxy) is 1. The van der Waals surface area contributed by atoms with Gasteiger partial charge in [0.05, 0.1) is 6.42 Å². The van der Waals surface area contributed by atoms with Crippen LogP contribution in [-0.4, -0.2) is 17.9 Å². The van der Waals surface area contributed by atoms with Crippen LogP contribution >= 0.6 is 0 Å². The van der Waals surface area contributed by atoms with Gasteiger partial charge in [-0.1, -0.05) is 60.7 Å². The van der Waals surface area contributed by atoms with E-state index in [-0.39, 0.29) is 17.7 Å². The molecule has 2 aromatic carbocycles. The molecule has 3 heteroatoms. The number of Topliss-reactive ketones (excluding diaryl/α,β-unsaturated/α-hetero) is 1. The van der Waals surface area contributed by atoms with E-state index in [2.05, 4.69) is 12.1 Å². The Morgan fingerprint density at radius 2 is 1.64 bits per heavy atom. The van der Waals surface area contributed by atoms with Crippen molar-refractivity contribution in [3.63, 3.8) is 0 Å². The standard InChI is InChI=1S/C19H18O3/c20-17-13-16(12-11-14-7-3-1-4-8-14)19(22-17)18(21)15-9-5-2-6-10-15/h1-10,16,19H,11-13H2. The van der Waals surface area contributed by atoms with Crippen molar-refractivity contribution in [3.8, 4) is 0 Å². The molecular weight excluding hydrogens is 276 g/mol. The average molecular weight is 294 g/mol. The first-order valence-corrected chi connectivity index (χ1v) is 7.57. The van der Waals surface area contributed by atoms with E-state index in [0.717, 1.165) is 12.8 Å². The highest BCUT2D eigenvalue weighted by molar-refractivity contribution is 6.01. The van der Waals surface area contributed by atoms with Gasteiger partial charge in [-0.25, -0.2) is 0 Å². The summed E-state index contributed by atoms with van der Waals surface area (Å²) in [4.78, 5) is 24.2. The molecule has 0 bridgehead atoms. The Morgan fingerprint density at radius 1 is 1.00 bits per heavy atom. The maximum absolute atomic E-state index is 12.5. The first-order chi connectivity index (χ1) is 10.7. The Balaban J connectivity index is 1.70. The fourth-order valence-electron chi connectivity index (χ4n) is 2.89. The Hall–Kier alpha value is -2.42. The van der Waals surface area contributed by atoms with Crippen LogP contribution in [0.5, 0.6) is 0 Å². The van der Waals surface area contributed by atoms with Gasteiger partial charge in [-0.3, -0.25) is 9.59 Å². The summed E-state index contributed by atoms with van der Waals surface area (Å²) in [7, 11) is 0. The van der Waals surface area contributed by atoms with Gasteiger partial charge in [-0.2, -0.15) is 0 Å². The number of hydrogen-bond donors (Lipinski definition) is 0. The molecule has 2 unspecified atom stereocenters. The lowest BCUT2D eigenvalue weighted by atomic mass is 9.89. The SMILES string of the molecule is O=C1CC(CCc2ccccc2)C(C(=O)c2ccccc2)O1. The van der Waals surface area contributed by atoms with Gasteiger partial charge in [0.2, 0.25) is 5.78 Å². The Bertz CT molecular complexity index is 649. The molecule has 0 radical (unpaired) electrons. The summed E-state index contributed by atoms with van der Waals surface area (Å²) in [6.45, 7) is 0. The minimum Gasteiger partial charge on any atom is -0.454 e. The largest absolute Gasteiger partial charge is 0.454 e. The highest BCUT2D eigenvalue weighted by Crippen LogP contribution is 2.29. The van der Waals surface area contributed by atoms with Crippen LogP contribution in [0.4, 0.5) is 0 Å². The van der Waals surface area contributed by atoms with Crippen molar-refractivity contribution >= 4 is 11.8 Å². The van der Waals surface area contributed by atoms with E-state index < -0.39 is 6.10 Å². The number of hydrogen-bond acceptors (Lipinski definition) is 3. The van der Waals surface area contributed by atoms with Crippen molar-refractivity contribution in [2.45, 2.75) is 25.4 Å². The topological polar surface area (TPSA) is 43.4 Å². The molecule has 0 spiro atoms. The molecule has 0 amide bonds. The van der Waals surface area contributed by atoms with E-state index in [0.29, 0.717) is 12.0 Å². The first kappa shape index (κ1) is 14.5. The van der Waals surface area contributed by atoms with E-state index in [1.165, 1.54) is 5.56 Å². The summed E-state index contributed by atoms with van der Waals surface area (Å²) in [6.07, 6.45) is 1.31. The van der Waals surface area contributed by atoms with Crippen molar-refractivity contribution in [2.75, 3.05) is 0 Å². The highest BCUT2D eigenvalue weighted by atomic mass is 16.6. The molecule has 0 aliphatic carbocycles. The van der Waals surface area contributed by atoms with E-state index in [1.807, 2.05) is 36.4 Å². The van der Waals surface area contributed by atoms with Crippen LogP contribution in [0.2, 0.25) is 0 Å². The zero-order valence-electron chi connectivity index (χ0n) is 12.3. The maximum Gasteiger partial charge on any atom is 0.306 e. The van der Waals surface area contributed by atoms with Crippen LogP contribution in [0.1, 0.15) is 28.8 Å². The number of carbonyl (C=O) groups excluding carboxylic acids is 2. The van der Waals surface area contributed by atoms with Crippen LogP contribution in [-0.2, 0) is 16.0 Å². The van der Waals surface area contributed by atoms with Gasteiger partial charge in [0, 0.05) is 11.5 Å². The van der Waals surface area contributed by atoms with Gasteiger partial charge in [-0.05, 0) is 18.4 Å². The Kier molecular flexibility index (Phi) is 4.33. The monoisotopic (exact) mass is 294 g/mol. The molecule has 0 aromatic heterocycles. The molecule has 1 heterocycles. The number of benzene rings is 2. The summed E-state index contributed by atoms with van der Waals surface area (Å²) >= 11 is 0. The molecule has 3 rings (SSSR count). The number of ketones is 1. The maximum atomic E-state index is 12.5. The second kappa shape index (κ2) is 6.56. The van der Waals surface area contributed by atoms with E-state index in [1.54, 1.807) is 12.1 Å². The molecule has 1 fully saturated rings. The molecule has 3 nitrogen and oxygen atoms in total. The van der Waals surface area contributed by atoms with Gasteiger partial charge >= 0.3 is 5.97 Å². The fraction of sp³-hybridized carbons (Fsp3) is 0.263. The lowest BCUT2D eigenvalue weighted by Crippen LogP contribution is -2.27. The van der Waals surface area contributed by atoms with Gasteiger partial charge in [0.25, 0.3) is 0 Å². The second-order valence-electron chi connectivity index (χ2n) is 5.63. The third kappa shape index (κ3) is 3.25. The molecule has 0 saturated carbocycles. The normalized spacial score (nSPS) is 20.6. The van der Waals surface area contributed by atoms with Crippen LogP contribution in [0.3, 0.4) is 0 Å². The number of carbonyl (C=O) groups is 2. The van der Waals surface area contributed by atoms with Gasteiger partial charge in [0.1, 0.15) is 0 Å². The predicted molar refractivity (Wildman–Crippen MR) is 83.5 cm³/mol. The summed E-state index contributed by atoms with van der Waals surface area (Å²) in [5.41, 5.74) is 1.82. The lowest BCUT2D eigenvalue weighted by Gasteiger charge is -2.16. The molecule has 2 aromatic rings. The third-order valence-corrected chi connectivity index (χ3v) is 4.08. The van der Waals surface area contributed by atoms with Gasteiger partial charge in [-0.15, -0.1) is 0 Å². The Morgan fingerprint density at radius 3 is 2.32 bits per heavy atom. The molecule has 1 aliphatic heterocycles. The smallest absolute Gasteiger partial charge is 0.306 e. The molecule has 22 heavy (non-hydrogen) atoms. The van der Waals surface area contributed by atoms with Crippen molar-refractivity contribution < 1.29 is 14.3 Å². The van der Waals surface area contributed by atoms with Crippen LogP contribution in [0.15, 0.2) is 60.7 Å². The molecule has 112 valence electrons. The van der Waals surface area contributed by atoms with Crippen molar-refractivity contribution in [1.82, 2.24) is 0 Å². The zero-order valence-corrected chi connectivity index (χ0v) is 12.3. The number of aryl methyl sites for hydroxylation is 1. The number of esters is 1. The fourth-order valence-corrected chi connectivity index (χ4v) is 2.89. The van der Waals surface area contributed by atoms with Gasteiger partial charge < -0.3 is 4.74 Å². The summed E-state index contributed by atoms with van der Waals surface area (Å²) in [5.74, 6) is -0.405. The third-order valence-electron chi connectivity index (χ3n) is 4.08. The highest BCUT2D eigenvalue weighted by Gasteiger charge is 2.39. The van der Waals surface area contributed by atoms with Crippen LogP contribution in [0.25, 0.3) is 0 Å².